The second-order valence-electron chi connectivity index (χ2n) is 13.8. The Morgan fingerprint density at radius 3 is 2.30 bits per heavy atom. The third-order valence-corrected chi connectivity index (χ3v) is 8.89. The number of hydrogen-bond donors (Lipinski definition) is 7. The molecule has 4 aromatic rings. The van der Waals surface area contributed by atoms with E-state index < -0.39 is 59.6 Å². The van der Waals surface area contributed by atoms with Gasteiger partial charge in [-0.2, -0.15) is 0 Å². The van der Waals surface area contributed by atoms with Gasteiger partial charge in [-0.05, 0) is 48.4 Å². The van der Waals surface area contributed by atoms with Crippen LogP contribution >= 0.6 is 0 Å². The Morgan fingerprint density at radius 1 is 0.895 bits per heavy atom. The molecule has 3 amide bonds. The topological polar surface area (TPSA) is 267 Å². The summed E-state index contributed by atoms with van der Waals surface area (Å²) in [6.07, 6.45) is 1.79. The molecule has 0 unspecified atom stereocenters. The first-order chi connectivity index (χ1) is 27.3. The number of aliphatic carboxylic acids is 1. The van der Waals surface area contributed by atoms with Gasteiger partial charge in [0.15, 0.2) is 24.1 Å². The van der Waals surface area contributed by atoms with Crippen molar-refractivity contribution in [3.63, 3.8) is 0 Å². The van der Waals surface area contributed by atoms with Crippen LogP contribution in [0.1, 0.15) is 38.7 Å². The molecule has 57 heavy (non-hydrogen) atoms. The molecule has 2 heterocycles. The van der Waals surface area contributed by atoms with Crippen LogP contribution in [0.15, 0.2) is 81.1 Å². The third kappa shape index (κ3) is 11.4. The van der Waals surface area contributed by atoms with Crippen LogP contribution in [0.5, 0.6) is 23.0 Å². The highest BCUT2D eigenvalue weighted by atomic mass is 16.6. The summed E-state index contributed by atoms with van der Waals surface area (Å²) in [7, 11) is 0. The van der Waals surface area contributed by atoms with Crippen molar-refractivity contribution in [1.29, 1.82) is 0 Å². The number of rotatable bonds is 18. The third-order valence-electron chi connectivity index (χ3n) is 8.89. The molecule has 3 aromatic carbocycles. The van der Waals surface area contributed by atoms with Gasteiger partial charge in [0, 0.05) is 25.1 Å². The van der Waals surface area contributed by atoms with Crippen LogP contribution in [-0.2, 0) is 25.6 Å². The summed E-state index contributed by atoms with van der Waals surface area (Å²) in [5.41, 5.74) is 11.6. The van der Waals surface area contributed by atoms with Gasteiger partial charge in [0.2, 0.25) is 17.2 Å². The maximum atomic E-state index is 13.8. The molecule has 1 aliphatic heterocycles. The molecular formula is C40H46N6O11. The molecule has 1 aliphatic rings. The van der Waals surface area contributed by atoms with E-state index in [9.17, 15) is 34.2 Å². The van der Waals surface area contributed by atoms with Crippen LogP contribution in [0, 0.1) is 5.92 Å². The van der Waals surface area contributed by atoms with Gasteiger partial charge in [-0.3, -0.25) is 24.2 Å². The second-order valence-corrected chi connectivity index (χ2v) is 13.8. The number of phenolic OH excluding ortho intramolecular Hbond substituents is 1. The highest BCUT2D eigenvalue weighted by Crippen LogP contribution is 2.35. The van der Waals surface area contributed by atoms with Crippen molar-refractivity contribution in [3.8, 4) is 34.1 Å². The molecule has 17 heteroatoms. The van der Waals surface area contributed by atoms with Crippen LogP contribution in [0.3, 0.4) is 0 Å². The zero-order chi connectivity index (χ0) is 41.1. The molecule has 0 saturated heterocycles. The molecule has 0 aliphatic carbocycles. The molecule has 0 saturated carbocycles. The van der Waals surface area contributed by atoms with Gasteiger partial charge in [-0.1, -0.05) is 50.2 Å². The van der Waals surface area contributed by atoms with Crippen molar-refractivity contribution < 1.29 is 48.0 Å². The normalized spacial score (nSPS) is 13.5. The smallest absolute Gasteiger partial charge is 0.326 e. The van der Waals surface area contributed by atoms with Gasteiger partial charge >= 0.3 is 5.97 Å². The Labute approximate surface area is 327 Å². The minimum absolute atomic E-state index is 0.00593. The number of carboxylic acids is 1. The van der Waals surface area contributed by atoms with Gasteiger partial charge < -0.3 is 56.3 Å². The summed E-state index contributed by atoms with van der Waals surface area (Å²) >= 11 is 0. The Bertz CT molecular complexity index is 2170. The zero-order valence-electron chi connectivity index (χ0n) is 31.5. The summed E-state index contributed by atoms with van der Waals surface area (Å²) in [5, 5.41) is 28.4. The van der Waals surface area contributed by atoms with E-state index >= 15 is 0 Å². The molecule has 9 N–H and O–H groups in total. The average molecular weight is 787 g/mol. The molecular weight excluding hydrogens is 740 g/mol. The van der Waals surface area contributed by atoms with Crippen LogP contribution < -0.4 is 47.1 Å². The summed E-state index contributed by atoms with van der Waals surface area (Å²) in [6.45, 7) is 4.03. The van der Waals surface area contributed by atoms with Gasteiger partial charge in [-0.25, -0.2) is 4.79 Å². The molecule has 0 radical (unpaired) electrons. The lowest BCUT2D eigenvalue weighted by atomic mass is 10.0. The van der Waals surface area contributed by atoms with E-state index in [1.54, 1.807) is 48.5 Å². The van der Waals surface area contributed by atoms with Crippen molar-refractivity contribution in [3.05, 3.63) is 82.7 Å². The Kier molecular flexibility index (Phi) is 13.9. The van der Waals surface area contributed by atoms with Crippen LogP contribution in [-0.4, -0.2) is 84.4 Å². The summed E-state index contributed by atoms with van der Waals surface area (Å²) < 4.78 is 22.6. The number of aliphatic imine (C=N–C) groups is 1. The van der Waals surface area contributed by atoms with Crippen LogP contribution in [0.4, 0.5) is 0 Å². The van der Waals surface area contributed by atoms with Gasteiger partial charge in [0.05, 0.1) is 5.56 Å². The first-order valence-corrected chi connectivity index (χ1v) is 18.3. The Balaban J connectivity index is 1.27. The SMILES string of the molecule is CC(C)C[C@@H](NC(=O)[C@@H](Cc1ccccc1)NC(=O)COc1cc(O)c2c(=O)c(-c3ccc4c(c3)OCCO4)coc2c1)C(=O)N[C@@H](CCCN=C(N)N)C(=O)O. The number of carbonyl (C=O) groups is 4. The van der Waals surface area contributed by atoms with E-state index in [-0.39, 0.29) is 66.4 Å². The monoisotopic (exact) mass is 786 g/mol. The van der Waals surface area contributed by atoms with Crippen molar-refractivity contribution in [2.75, 3.05) is 26.4 Å². The minimum atomic E-state index is -1.26. The first kappa shape index (κ1) is 41.4. The molecule has 5 rings (SSSR count). The summed E-state index contributed by atoms with van der Waals surface area (Å²) in [6, 6.07) is 12.8. The summed E-state index contributed by atoms with van der Waals surface area (Å²) in [5.74, 6) is -2.99. The number of carbonyl (C=O) groups excluding carboxylic acids is 3. The number of guanidine groups is 1. The number of carboxylic acid groups (broad SMARTS) is 1. The standard InChI is InChI=1S/C40H46N6O11/c1-22(2)15-28(37(50)45-27(39(52)53)9-6-12-43-40(41)42)46-38(51)29(16-23-7-4-3-5-8-23)44-34(48)21-56-25-18-30(47)35-33(19-25)57-20-26(36(35)49)24-10-11-31-32(17-24)55-14-13-54-31/h3-5,7-8,10-11,17-20,22,27-29,47H,6,9,12-16,21H2,1-2H3,(H,44,48)(H,45,50)(H,46,51)(H,52,53)(H4,41,42,43)/t27-,28+,29+/m0/s1. The van der Waals surface area contributed by atoms with Crippen LogP contribution in [0.25, 0.3) is 22.1 Å². The number of amides is 3. The second kappa shape index (κ2) is 19.2. The molecule has 1 aromatic heterocycles. The predicted molar refractivity (Wildman–Crippen MR) is 209 cm³/mol. The van der Waals surface area contributed by atoms with E-state index in [2.05, 4.69) is 20.9 Å². The number of ether oxygens (including phenoxy) is 3. The molecule has 0 fully saturated rings. The fourth-order valence-corrected chi connectivity index (χ4v) is 6.15. The highest BCUT2D eigenvalue weighted by Gasteiger charge is 2.30. The number of benzene rings is 3. The number of fused-ring (bicyclic) bond motifs is 2. The highest BCUT2D eigenvalue weighted by molar-refractivity contribution is 5.94. The van der Waals surface area contributed by atoms with E-state index in [4.69, 9.17) is 30.1 Å². The van der Waals surface area contributed by atoms with Gasteiger partial charge in [0.25, 0.3) is 5.91 Å². The Hall–Kier alpha value is -6.78. The van der Waals surface area contributed by atoms with E-state index in [1.807, 2.05) is 13.8 Å². The number of aromatic hydroxyl groups is 1. The Morgan fingerprint density at radius 2 is 1.60 bits per heavy atom. The average Bonchev–Trinajstić information content (AvgIpc) is 3.17. The number of nitrogens with one attached hydrogen (secondary N) is 3. The van der Waals surface area contributed by atoms with Crippen molar-refractivity contribution in [2.45, 2.75) is 57.7 Å². The number of nitrogens with zero attached hydrogens (tertiary/aromatic N) is 1. The lowest BCUT2D eigenvalue weighted by Crippen LogP contribution is -2.56. The van der Waals surface area contributed by atoms with E-state index in [0.29, 0.717) is 35.8 Å². The minimum Gasteiger partial charge on any atom is -0.507 e. The fraction of sp³-hybridized carbons (Fsp3) is 0.350. The number of hydrogen-bond acceptors (Lipinski definition) is 11. The quantitative estimate of drug-likeness (QED) is 0.0434. The molecule has 0 bridgehead atoms. The molecule has 0 spiro atoms. The summed E-state index contributed by atoms with van der Waals surface area (Å²) in [4.78, 5) is 69.7. The fourth-order valence-electron chi connectivity index (χ4n) is 6.15. The lowest BCUT2D eigenvalue weighted by molar-refractivity contribution is -0.142. The zero-order valence-corrected chi connectivity index (χ0v) is 31.5. The van der Waals surface area contributed by atoms with Crippen molar-refractivity contribution in [2.24, 2.45) is 22.4 Å². The lowest BCUT2D eigenvalue weighted by Gasteiger charge is -2.25. The van der Waals surface area contributed by atoms with Gasteiger partial charge in [-0.15, -0.1) is 0 Å². The maximum Gasteiger partial charge on any atom is 0.326 e. The van der Waals surface area contributed by atoms with Crippen molar-refractivity contribution in [1.82, 2.24) is 16.0 Å². The number of phenols is 1. The van der Waals surface area contributed by atoms with E-state index in [0.717, 1.165) is 0 Å². The molecule has 17 nitrogen and oxygen atoms in total. The maximum absolute atomic E-state index is 13.8. The van der Waals surface area contributed by atoms with Crippen LogP contribution in [0.2, 0.25) is 0 Å². The molecule has 302 valence electrons. The van der Waals surface area contributed by atoms with Crippen molar-refractivity contribution >= 4 is 40.6 Å². The largest absolute Gasteiger partial charge is 0.507 e. The number of nitrogens with two attached hydrogens (primary N) is 2. The predicted octanol–water partition coefficient (Wildman–Crippen LogP) is 2.20. The molecule has 3 atom stereocenters. The first-order valence-electron chi connectivity index (χ1n) is 18.3. The van der Waals surface area contributed by atoms with Gasteiger partial charge in [0.1, 0.15) is 60.1 Å². The van der Waals surface area contributed by atoms with E-state index in [1.165, 1.54) is 18.4 Å².